The average molecular weight is 1110 g/mol. The van der Waals surface area contributed by atoms with Crippen molar-refractivity contribution in [3.05, 3.63) is 107 Å². The third kappa shape index (κ3) is 13.8. The number of hydrogen-bond donors (Lipinski definition) is 8. The molecular formula is C58H74N14O9. The molecule has 2 fully saturated rings. The number of amides is 5. The van der Waals surface area contributed by atoms with Crippen LogP contribution in [0, 0.1) is 0 Å². The second kappa shape index (κ2) is 26.2. The zero-order chi connectivity index (χ0) is 58.1. The van der Waals surface area contributed by atoms with Crippen molar-refractivity contribution in [2.45, 2.75) is 91.8 Å². The van der Waals surface area contributed by atoms with Crippen molar-refractivity contribution >= 4 is 29.5 Å². The lowest BCUT2D eigenvalue weighted by Crippen LogP contribution is -2.49. The molecule has 6 aromatic rings. The quantitative estimate of drug-likeness (QED) is 0.0497. The summed E-state index contributed by atoms with van der Waals surface area (Å²) in [6, 6.07) is 20.2. The normalized spacial score (nSPS) is 14.6. The predicted octanol–water partition coefficient (Wildman–Crippen LogP) is 4.35. The molecule has 8 rings (SSSR count). The number of rotatable bonds is 21. The molecule has 1 atom stereocenters. The largest absolute Gasteiger partial charge is 0.508 e. The van der Waals surface area contributed by atoms with Crippen LogP contribution in [0.2, 0.25) is 0 Å². The van der Waals surface area contributed by atoms with Crippen LogP contribution in [0.5, 0.6) is 23.0 Å². The van der Waals surface area contributed by atoms with E-state index in [1.807, 2.05) is 76.2 Å². The predicted molar refractivity (Wildman–Crippen MR) is 303 cm³/mol. The number of nitrogens with one attached hydrogen (secondary N) is 3. The van der Waals surface area contributed by atoms with Crippen molar-refractivity contribution in [3.8, 4) is 57.1 Å². The molecule has 23 nitrogen and oxygen atoms in total. The van der Waals surface area contributed by atoms with E-state index in [0.717, 1.165) is 11.1 Å². The minimum Gasteiger partial charge on any atom is -0.508 e. The molecule has 4 aromatic carbocycles. The van der Waals surface area contributed by atoms with Gasteiger partial charge >= 0.3 is 0 Å². The van der Waals surface area contributed by atoms with Gasteiger partial charge in [-0.25, -0.2) is 0 Å². The number of nitrogens with zero attached hydrogens (tertiary/aromatic N) is 10. The number of phenolic OH excluding ortho intramolecular Hbond substituents is 4. The molecule has 23 heteroatoms. The summed E-state index contributed by atoms with van der Waals surface area (Å²) in [4.78, 5) is 73.7. The van der Waals surface area contributed by atoms with E-state index >= 15 is 0 Å². The summed E-state index contributed by atoms with van der Waals surface area (Å²) in [6.45, 7) is 18.1. The summed E-state index contributed by atoms with van der Waals surface area (Å²) in [5.41, 5.74) is 11.3. The molecule has 430 valence electrons. The molecule has 0 aliphatic carbocycles. The number of aromatic nitrogens is 6. The van der Waals surface area contributed by atoms with Gasteiger partial charge in [0.15, 0.2) is 11.6 Å². The van der Waals surface area contributed by atoms with Gasteiger partial charge in [-0.05, 0) is 90.8 Å². The highest BCUT2D eigenvalue weighted by molar-refractivity contribution is 5.93. The Bertz CT molecular complexity index is 3210. The SMILES string of the molecule is CCNC(=O)c1nnc(-c2cc(C(C)C)c(O)cc2O)n1-c1ccc(CN2CCN(C(=O)CCNC(=O)[C@H](N)CCC(=O)N3CCN(Cc4ccc(-n5c(C(=O)NCC)nnc5-c5cc(C(C)C)c(O)cc5O)cc4)CC3)CC2)cc1. The lowest BCUT2D eigenvalue weighted by Gasteiger charge is -2.35. The van der Waals surface area contributed by atoms with Crippen LogP contribution in [0.25, 0.3) is 34.2 Å². The molecule has 0 radical (unpaired) electrons. The number of aromatic hydroxyl groups is 4. The van der Waals surface area contributed by atoms with Gasteiger partial charge < -0.3 is 51.9 Å². The standard InChI is InChI=1S/C58H74N14O9/c1-7-60-57(80)54-65-63-52(43-29-41(35(3)4)46(73)31-48(43)75)71(54)39-13-9-37(10-14-39)33-67-21-25-69(26-22-67)50(77)18-17-45(59)56(79)62-20-19-51(78)70-27-23-68(24-28-70)34-38-11-15-40(16-12-38)72-53(64-66-55(72)58(81)61-8-2)44-30-42(36(5)6)47(74)32-49(44)76/h9-16,29-32,35-36,45,73-76H,7-8,17-28,33-34,59H2,1-6H3,(H,60,80)(H,61,81)(H,62,79)/t45-/m1/s1. The fraction of sp³-hybridized carbons (Fsp3) is 0.431. The van der Waals surface area contributed by atoms with E-state index < -0.39 is 23.8 Å². The molecule has 5 amide bonds. The van der Waals surface area contributed by atoms with E-state index in [4.69, 9.17) is 5.73 Å². The van der Waals surface area contributed by atoms with Gasteiger partial charge in [0.2, 0.25) is 29.4 Å². The Hall–Kier alpha value is -8.41. The third-order valence-electron chi connectivity index (χ3n) is 14.7. The highest BCUT2D eigenvalue weighted by Crippen LogP contribution is 2.40. The number of carbonyl (C=O) groups is 5. The number of hydrogen-bond acceptors (Lipinski definition) is 16. The number of piperazine rings is 2. The van der Waals surface area contributed by atoms with Crippen LogP contribution in [0.1, 0.15) is 116 Å². The Morgan fingerprint density at radius 1 is 0.531 bits per heavy atom. The molecule has 0 spiro atoms. The highest BCUT2D eigenvalue weighted by atomic mass is 16.3. The lowest BCUT2D eigenvalue weighted by atomic mass is 9.98. The van der Waals surface area contributed by atoms with E-state index in [1.165, 1.54) is 12.1 Å². The summed E-state index contributed by atoms with van der Waals surface area (Å²) in [6.07, 6.45) is 0.394. The van der Waals surface area contributed by atoms with Crippen LogP contribution in [0.15, 0.2) is 72.8 Å². The number of phenols is 4. The number of benzene rings is 4. The van der Waals surface area contributed by atoms with E-state index in [1.54, 1.807) is 44.9 Å². The van der Waals surface area contributed by atoms with Gasteiger partial charge in [-0.1, -0.05) is 52.0 Å². The first-order valence-corrected chi connectivity index (χ1v) is 27.7. The first kappa shape index (κ1) is 58.7. The Balaban J connectivity index is 0.753. The summed E-state index contributed by atoms with van der Waals surface area (Å²) < 4.78 is 3.18. The Labute approximate surface area is 470 Å². The van der Waals surface area contributed by atoms with Crippen molar-refractivity contribution < 1.29 is 44.4 Å². The minimum atomic E-state index is -0.909. The summed E-state index contributed by atoms with van der Waals surface area (Å²) >= 11 is 0. The molecule has 9 N–H and O–H groups in total. The van der Waals surface area contributed by atoms with Crippen LogP contribution in [0.3, 0.4) is 0 Å². The summed E-state index contributed by atoms with van der Waals surface area (Å²) in [5.74, 6) is -1.41. The van der Waals surface area contributed by atoms with Crippen LogP contribution in [-0.4, -0.2) is 177 Å². The fourth-order valence-corrected chi connectivity index (χ4v) is 10.1. The van der Waals surface area contributed by atoms with Gasteiger partial charge in [0, 0.05) is 121 Å². The van der Waals surface area contributed by atoms with E-state index in [9.17, 15) is 44.4 Å². The van der Waals surface area contributed by atoms with Crippen molar-refractivity contribution in [1.82, 2.24) is 65.1 Å². The topological polar surface area (TPSA) is 303 Å². The van der Waals surface area contributed by atoms with Crippen molar-refractivity contribution in [2.24, 2.45) is 5.73 Å². The maximum Gasteiger partial charge on any atom is 0.289 e. The Morgan fingerprint density at radius 3 is 1.31 bits per heavy atom. The molecule has 0 bridgehead atoms. The molecule has 0 saturated carbocycles. The van der Waals surface area contributed by atoms with Crippen molar-refractivity contribution in [1.29, 1.82) is 0 Å². The molecule has 2 aliphatic heterocycles. The van der Waals surface area contributed by atoms with E-state index in [0.29, 0.717) is 112 Å². The monoisotopic (exact) mass is 1110 g/mol. The van der Waals surface area contributed by atoms with E-state index in [-0.39, 0.29) is 95.8 Å². The zero-order valence-corrected chi connectivity index (χ0v) is 46.9. The molecule has 2 aliphatic rings. The van der Waals surface area contributed by atoms with Gasteiger partial charge in [0.05, 0.1) is 17.2 Å². The molecule has 2 aromatic heterocycles. The van der Waals surface area contributed by atoms with Crippen LogP contribution >= 0.6 is 0 Å². The smallest absolute Gasteiger partial charge is 0.289 e. The molecule has 4 heterocycles. The van der Waals surface area contributed by atoms with Gasteiger partial charge in [-0.2, -0.15) is 0 Å². The van der Waals surface area contributed by atoms with Gasteiger partial charge in [0.1, 0.15) is 23.0 Å². The number of carbonyl (C=O) groups excluding carboxylic acids is 5. The van der Waals surface area contributed by atoms with Crippen molar-refractivity contribution in [2.75, 3.05) is 72.0 Å². The van der Waals surface area contributed by atoms with Gasteiger partial charge in [-0.3, -0.25) is 42.9 Å². The third-order valence-corrected chi connectivity index (χ3v) is 14.7. The maximum absolute atomic E-state index is 13.3. The molecule has 2 saturated heterocycles. The second-order valence-electron chi connectivity index (χ2n) is 21.1. The average Bonchev–Trinajstić information content (AvgIpc) is 4.27. The molecule has 0 unspecified atom stereocenters. The molecule has 81 heavy (non-hydrogen) atoms. The Morgan fingerprint density at radius 2 is 0.926 bits per heavy atom. The highest BCUT2D eigenvalue weighted by Gasteiger charge is 2.29. The van der Waals surface area contributed by atoms with Gasteiger partial charge in [0.25, 0.3) is 11.8 Å². The zero-order valence-electron chi connectivity index (χ0n) is 46.9. The van der Waals surface area contributed by atoms with Crippen LogP contribution in [0.4, 0.5) is 0 Å². The first-order valence-electron chi connectivity index (χ1n) is 27.7. The minimum absolute atomic E-state index is 0.0388. The first-order chi connectivity index (χ1) is 38.8. The second-order valence-corrected chi connectivity index (χ2v) is 21.1. The molecular weight excluding hydrogens is 1040 g/mol. The summed E-state index contributed by atoms with van der Waals surface area (Å²) in [5, 5.41) is 68.1. The van der Waals surface area contributed by atoms with E-state index in [2.05, 4.69) is 46.1 Å². The van der Waals surface area contributed by atoms with Crippen LogP contribution < -0.4 is 21.7 Å². The van der Waals surface area contributed by atoms with Crippen LogP contribution in [-0.2, 0) is 27.5 Å². The maximum atomic E-state index is 13.3. The van der Waals surface area contributed by atoms with Gasteiger partial charge in [-0.15, -0.1) is 20.4 Å². The number of nitrogens with two attached hydrogens (primary N) is 1. The fourth-order valence-electron chi connectivity index (χ4n) is 10.1. The Kier molecular flexibility index (Phi) is 19.0. The van der Waals surface area contributed by atoms with Crippen molar-refractivity contribution in [3.63, 3.8) is 0 Å². The summed E-state index contributed by atoms with van der Waals surface area (Å²) in [7, 11) is 0. The lowest BCUT2D eigenvalue weighted by molar-refractivity contribution is -0.133.